The summed E-state index contributed by atoms with van der Waals surface area (Å²) in [7, 11) is 2.06. The molecule has 2 rings (SSSR count). The summed E-state index contributed by atoms with van der Waals surface area (Å²) in [5, 5.41) is 3.19. The Kier molecular flexibility index (Phi) is 4.39. The van der Waals surface area contributed by atoms with Gasteiger partial charge < -0.3 is 10.2 Å². The van der Waals surface area contributed by atoms with Crippen LogP contribution in [-0.2, 0) is 6.54 Å². The maximum atomic E-state index is 6.12. The van der Waals surface area contributed by atoms with Gasteiger partial charge in [-0.3, -0.25) is 4.90 Å². The predicted molar refractivity (Wildman–Crippen MR) is 78.2 cm³/mol. The number of rotatable bonds is 5. The standard InChI is InChI=1S/C14H21N3OS/c1-9-5-6-13(18-9)14(10(2)15)17(4)7-12-8-19-11(3)16-12/h5-6,8,10,14H,7,15H2,1-4H3. The Morgan fingerprint density at radius 1 is 1.42 bits per heavy atom. The van der Waals surface area contributed by atoms with Crippen molar-refractivity contribution >= 4 is 11.3 Å². The van der Waals surface area contributed by atoms with Crippen molar-refractivity contribution in [2.75, 3.05) is 7.05 Å². The molecule has 0 amide bonds. The molecule has 0 radical (unpaired) electrons. The van der Waals surface area contributed by atoms with Crippen LogP contribution in [0.15, 0.2) is 21.9 Å². The Balaban J connectivity index is 2.15. The molecular formula is C14H21N3OS. The Hall–Kier alpha value is -1.17. The normalized spacial score (nSPS) is 14.8. The third kappa shape index (κ3) is 3.43. The first-order chi connectivity index (χ1) is 8.97. The monoisotopic (exact) mass is 279 g/mol. The van der Waals surface area contributed by atoms with E-state index in [9.17, 15) is 0 Å². The molecule has 0 fully saturated rings. The highest BCUT2D eigenvalue weighted by molar-refractivity contribution is 7.09. The topological polar surface area (TPSA) is 55.3 Å². The van der Waals surface area contributed by atoms with Gasteiger partial charge in [-0.1, -0.05) is 0 Å². The lowest BCUT2D eigenvalue weighted by Crippen LogP contribution is -2.36. The fourth-order valence-electron chi connectivity index (χ4n) is 2.32. The van der Waals surface area contributed by atoms with Crippen LogP contribution in [0, 0.1) is 13.8 Å². The van der Waals surface area contributed by atoms with Gasteiger partial charge in [0.1, 0.15) is 11.5 Å². The van der Waals surface area contributed by atoms with Gasteiger partial charge in [-0.05, 0) is 40.0 Å². The van der Waals surface area contributed by atoms with Gasteiger partial charge in [0.2, 0.25) is 0 Å². The second-order valence-corrected chi connectivity index (χ2v) is 6.09. The number of aromatic nitrogens is 1. The molecular weight excluding hydrogens is 258 g/mol. The number of thiazole rings is 1. The van der Waals surface area contributed by atoms with Crippen LogP contribution in [0.1, 0.15) is 35.2 Å². The van der Waals surface area contributed by atoms with Crippen molar-refractivity contribution in [2.45, 2.75) is 39.4 Å². The van der Waals surface area contributed by atoms with E-state index in [0.717, 1.165) is 28.8 Å². The summed E-state index contributed by atoms with van der Waals surface area (Å²) in [5.74, 6) is 1.83. The zero-order valence-corrected chi connectivity index (χ0v) is 12.7. The summed E-state index contributed by atoms with van der Waals surface area (Å²) in [6.45, 7) is 6.75. The van der Waals surface area contributed by atoms with Crippen LogP contribution in [0.4, 0.5) is 0 Å². The van der Waals surface area contributed by atoms with Crippen molar-refractivity contribution in [1.29, 1.82) is 0 Å². The molecule has 4 nitrogen and oxygen atoms in total. The van der Waals surface area contributed by atoms with E-state index in [2.05, 4.69) is 22.3 Å². The lowest BCUT2D eigenvalue weighted by molar-refractivity contribution is 0.181. The summed E-state index contributed by atoms with van der Waals surface area (Å²) < 4.78 is 5.73. The molecule has 0 aliphatic carbocycles. The molecule has 0 saturated carbocycles. The van der Waals surface area contributed by atoms with Crippen LogP contribution in [0.2, 0.25) is 0 Å². The second kappa shape index (κ2) is 5.86. The molecule has 104 valence electrons. The van der Waals surface area contributed by atoms with E-state index in [4.69, 9.17) is 10.2 Å². The maximum Gasteiger partial charge on any atom is 0.122 e. The number of furan rings is 1. The van der Waals surface area contributed by atoms with E-state index in [1.165, 1.54) is 0 Å². The summed E-state index contributed by atoms with van der Waals surface area (Å²) in [5.41, 5.74) is 7.20. The van der Waals surface area contributed by atoms with Gasteiger partial charge in [-0.15, -0.1) is 11.3 Å². The van der Waals surface area contributed by atoms with Gasteiger partial charge >= 0.3 is 0 Å². The third-order valence-corrected chi connectivity index (χ3v) is 3.93. The van der Waals surface area contributed by atoms with Crippen molar-refractivity contribution in [1.82, 2.24) is 9.88 Å². The Morgan fingerprint density at radius 2 is 2.16 bits per heavy atom. The molecule has 0 aliphatic rings. The van der Waals surface area contributed by atoms with Crippen molar-refractivity contribution in [3.05, 3.63) is 39.7 Å². The van der Waals surface area contributed by atoms with E-state index in [-0.39, 0.29) is 12.1 Å². The SMILES string of the molecule is Cc1ccc(C(C(C)N)N(C)Cc2csc(C)n2)o1. The maximum absolute atomic E-state index is 6.12. The highest BCUT2D eigenvalue weighted by atomic mass is 32.1. The van der Waals surface area contributed by atoms with Gasteiger partial charge in [0.05, 0.1) is 16.7 Å². The molecule has 2 unspecified atom stereocenters. The van der Waals surface area contributed by atoms with E-state index < -0.39 is 0 Å². The molecule has 2 N–H and O–H groups in total. The molecule has 0 aliphatic heterocycles. The van der Waals surface area contributed by atoms with Crippen LogP contribution < -0.4 is 5.73 Å². The minimum atomic E-state index is -0.00437. The van der Waals surface area contributed by atoms with Gasteiger partial charge in [0.25, 0.3) is 0 Å². The fourth-order valence-corrected chi connectivity index (χ4v) is 2.93. The smallest absolute Gasteiger partial charge is 0.122 e. The molecule has 19 heavy (non-hydrogen) atoms. The lowest BCUT2D eigenvalue weighted by Gasteiger charge is -2.28. The van der Waals surface area contributed by atoms with Crippen LogP contribution in [0.5, 0.6) is 0 Å². The molecule has 5 heteroatoms. The zero-order valence-electron chi connectivity index (χ0n) is 11.9. The molecule has 0 spiro atoms. The van der Waals surface area contributed by atoms with Crippen LogP contribution in [0.25, 0.3) is 0 Å². The van der Waals surface area contributed by atoms with E-state index >= 15 is 0 Å². The molecule has 2 aromatic heterocycles. The zero-order chi connectivity index (χ0) is 14.0. The number of nitrogens with two attached hydrogens (primary N) is 1. The minimum Gasteiger partial charge on any atom is -0.465 e. The number of hydrogen-bond donors (Lipinski definition) is 1. The molecule has 2 aromatic rings. The fraction of sp³-hybridized carbons (Fsp3) is 0.500. The largest absolute Gasteiger partial charge is 0.465 e. The molecule has 0 bridgehead atoms. The molecule has 2 atom stereocenters. The van der Waals surface area contributed by atoms with E-state index in [1.54, 1.807) is 11.3 Å². The highest BCUT2D eigenvalue weighted by Crippen LogP contribution is 2.26. The average Bonchev–Trinajstić information content (AvgIpc) is 2.88. The van der Waals surface area contributed by atoms with Crippen molar-refractivity contribution in [3.63, 3.8) is 0 Å². The summed E-state index contributed by atoms with van der Waals surface area (Å²) in [6.07, 6.45) is 0. The Bertz CT molecular complexity index is 532. The van der Waals surface area contributed by atoms with Crippen molar-refractivity contribution < 1.29 is 4.42 Å². The highest BCUT2D eigenvalue weighted by Gasteiger charge is 2.24. The predicted octanol–water partition coefficient (Wildman–Crippen LogP) is 2.87. The second-order valence-electron chi connectivity index (χ2n) is 5.03. The van der Waals surface area contributed by atoms with Gasteiger partial charge in [-0.25, -0.2) is 4.98 Å². The van der Waals surface area contributed by atoms with E-state index in [1.807, 2.05) is 32.9 Å². The van der Waals surface area contributed by atoms with E-state index in [0.29, 0.717) is 0 Å². The minimum absolute atomic E-state index is 0.00437. The van der Waals surface area contributed by atoms with Crippen molar-refractivity contribution in [2.24, 2.45) is 5.73 Å². The first kappa shape index (κ1) is 14.2. The van der Waals surface area contributed by atoms with Gasteiger partial charge in [0, 0.05) is 18.0 Å². The average molecular weight is 279 g/mol. The first-order valence-corrected chi connectivity index (χ1v) is 7.28. The number of nitrogens with zero attached hydrogens (tertiary/aromatic N) is 2. The molecule has 2 heterocycles. The third-order valence-electron chi connectivity index (χ3n) is 3.10. The van der Waals surface area contributed by atoms with Gasteiger partial charge in [-0.2, -0.15) is 0 Å². The number of likely N-dealkylation sites (N-methyl/N-ethyl adjacent to an activating group) is 1. The van der Waals surface area contributed by atoms with Crippen LogP contribution >= 0.6 is 11.3 Å². The van der Waals surface area contributed by atoms with Crippen LogP contribution in [0.3, 0.4) is 0 Å². The first-order valence-electron chi connectivity index (χ1n) is 6.40. The molecule has 0 aromatic carbocycles. The Labute approximate surface area is 118 Å². The number of aryl methyl sites for hydroxylation is 2. The Morgan fingerprint density at radius 3 is 2.63 bits per heavy atom. The number of hydrogen-bond acceptors (Lipinski definition) is 5. The van der Waals surface area contributed by atoms with Gasteiger partial charge in [0.15, 0.2) is 0 Å². The lowest BCUT2D eigenvalue weighted by atomic mass is 10.1. The summed E-state index contributed by atoms with van der Waals surface area (Å²) in [4.78, 5) is 6.69. The molecule has 0 saturated heterocycles. The summed E-state index contributed by atoms with van der Waals surface area (Å²) in [6, 6.07) is 4.04. The van der Waals surface area contributed by atoms with Crippen molar-refractivity contribution in [3.8, 4) is 0 Å². The summed E-state index contributed by atoms with van der Waals surface area (Å²) >= 11 is 1.67. The van der Waals surface area contributed by atoms with Crippen LogP contribution in [-0.4, -0.2) is 23.0 Å². The quantitative estimate of drug-likeness (QED) is 0.914.